The molecule has 0 aliphatic heterocycles. The van der Waals surface area contributed by atoms with Crippen molar-refractivity contribution in [2.45, 2.75) is 44.6 Å². The van der Waals surface area contributed by atoms with E-state index in [-0.39, 0.29) is 32.3 Å². The maximum atomic E-state index is 12.1. The lowest BCUT2D eigenvalue weighted by molar-refractivity contribution is -0.139. The number of aliphatic hydroxyl groups is 2. The van der Waals surface area contributed by atoms with Gasteiger partial charge in [-0.3, -0.25) is 4.79 Å². The van der Waals surface area contributed by atoms with E-state index < -0.39 is 30.1 Å². The zero-order valence-corrected chi connectivity index (χ0v) is 17.6. The molecule has 4 N–H and O–H groups in total. The van der Waals surface area contributed by atoms with Crippen molar-refractivity contribution in [1.82, 2.24) is 5.32 Å². The molecule has 29 heavy (non-hydrogen) atoms. The number of aliphatic carboxylic acids is 1. The molecular formula is C20H31NO7S. The fourth-order valence-electron chi connectivity index (χ4n) is 2.25. The molecular weight excluding hydrogens is 398 g/mol. The van der Waals surface area contributed by atoms with Crippen LogP contribution in [0.1, 0.15) is 30.6 Å². The zero-order valence-electron chi connectivity index (χ0n) is 16.8. The van der Waals surface area contributed by atoms with Gasteiger partial charge < -0.3 is 30.1 Å². The lowest BCUT2D eigenvalue weighted by Crippen LogP contribution is -2.41. The van der Waals surface area contributed by atoms with Crippen LogP contribution in [0.3, 0.4) is 0 Å². The van der Waals surface area contributed by atoms with Gasteiger partial charge >= 0.3 is 5.97 Å². The van der Waals surface area contributed by atoms with E-state index in [0.29, 0.717) is 17.1 Å². The number of ether oxygens (including phenoxy) is 2. The molecule has 0 aliphatic carbocycles. The number of benzene rings is 1. The standard InChI is InChI=1S/C20H31NO7S/c1-14(2)28-12-16(22)10-27-11-17(23)13-29-9-8-18(20(25)26)21-19(24)15-6-4-3-5-7-15/h3-7,14,16-18,22-23H,8-13H2,1-2H3,(H,21,24)(H,25,26). The minimum Gasteiger partial charge on any atom is -0.480 e. The van der Waals surface area contributed by atoms with Crippen LogP contribution in [0, 0.1) is 0 Å². The number of hydrogen-bond donors (Lipinski definition) is 4. The minimum atomic E-state index is -1.10. The van der Waals surface area contributed by atoms with Crippen LogP contribution in [0.4, 0.5) is 0 Å². The van der Waals surface area contributed by atoms with Crippen LogP contribution in [-0.2, 0) is 14.3 Å². The zero-order chi connectivity index (χ0) is 21.6. The summed E-state index contributed by atoms with van der Waals surface area (Å²) in [6.07, 6.45) is -1.22. The first-order chi connectivity index (χ1) is 13.8. The van der Waals surface area contributed by atoms with Crippen molar-refractivity contribution in [3.8, 4) is 0 Å². The molecule has 1 aromatic carbocycles. The first-order valence-corrected chi connectivity index (χ1v) is 10.7. The van der Waals surface area contributed by atoms with Gasteiger partial charge in [-0.15, -0.1) is 0 Å². The summed E-state index contributed by atoms with van der Waals surface area (Å²) in [4.78, 5) is 23.5. The lowest BCUT2D eigenvalue weighted by Gasteiger charge is -2.16. The second kappa shape index (κ2) is 14.4. The van der Waals surface area contributed by atoms with E-state index in [1.807, 2.05) is 13.8 Å². The molecule has 0 spiro atoms. The van der Waals surface area contributed by atoms with Crippen molar-refractivity contribution in [3.63, 3.8) is 0 Å². The third-order valence-corrected chi connectivity index (χ3v) is 4.89. The highest BCUT2D eigenvalue weighted by Gasteiger charge is 2.20. The van der Waals surface area contributed by atoms with Crippen molar-refractivity contribution in [1.29, 1.82) is 0 Å². The molecule has 0 bridgehead atoms. The number of amides is 1. The number of carboxylic acids is 1. The SMILES string of the molecule is CC(C)OCC(O)COCC(O)CSCCC(NC(=O)c1ccccc1)C(=O)O. The third-order valence-electron chi connectivity index (χ3n) is 3.74. The van der Waals surface area contributed by atoms with Crippen LogP contribution in [-0.4, -0.2) is 82.9 Å². The highest BCUT2D eigenvalue weighted by molar-refractivity contribution is 7.99. The molecule has 0 aromatic heterocycles. The van der Waals surface area contributed by atoms with E-state index in [1.54, 1.807) is 30.3 Å². The summed E-state index contributed by atoms with van der Waals surface area (Å²) in [5.74, 6) is -0.723. The summed E-state index contributed by atoms with van der Waals surface area (Å²) in [6, 6.07) is 7.42. The van der Waals surface area contributed by atoms with Crippen LogP contribution in [0.15, 0.2) is 30.3 Å². The topological polar surface area (TPSA) is 125 Å². The number of aliphatic hydroxyl groups excluding tert-OH is 2. The monoisotopic (exact) mass is 429 g/mol. The van der Waals surface area contributed by atoms with Gasteiger partial charge in [0.2, 0.25) is 0 Å². The molecule has 0 radical (unpaired) electrons. The van der Waals surface area contributed by atoms with Gasteiger partial charge in [-0.1, -0.05) is 18.2 Å². The van der Waals surface area contributed by atoms with Gasteiger partial charge in [0.15, 0.2) is 0 Å². The second-order valence-electron chi connectivity index (χ2n) is 6.82. The summed E-state index contributed by atoms with van der Waals surface area (Å²) in [6.45, 7) is 4.06. The quantitative estimate of drug-likeness (QED) is 0.306. The minimum absolute atomic E-state index is 0.0266. The average molecular weight is 430 g/mol. The maximum Gasteiger partial charge on any atom is 0.326 e. The molecule has 3 atom stereocenters. The summed E-state index contributed by atoms with van der Waals surface area (Å²) >= 11 is 1.37. The van der Waals surface area contributed by atoms with Gasteiger partial charge in [-0.2, -0.15) is 11.8 Å². The molecule has 0 saturated heterocycles. The molecule has 3 unspecified atom stereocenters. The van der Waals surface area contributed by atoms with Crippen molar-refractivity contribution in [2.75, 3.05) is 31.3 Å². The first-order valence-electron chi connectivity index (χ1n) is 9.51. The van der Waals surface area contributed by atoms with Crippen molar-refractivity contribution < 1.29 is 34.4 Å². The van der Waals surface area contributed by atoms with E-state index >= 15 is 0 Å². The highest BCUT2D eigenvalue weighted by Crippen LogP contribution is 2.09. The highest BCUT2D eigenvalue weighted by atomic mass is 32.2. The molecule has 0 saturated carbocycles. The van der Waals surface area contributed by atoms with Gasteiger partial charge in [-0.25, -0.2) is 4.79 Å². The van der Waals surface area contributed by atoms with Gasteiger partial charge in [0.1, 0.15) is 12.1 Å². The second-order valence-corrected chi connectivity index (χ2v) is 7.97. The number of rotatable bonds is 15. The predicted molar refractivity (Wildman–Crippen MR) is 111 cm³/mol. The fourth-order valence-corrected chi connectivity index (χ4v) is 3.19. The molecule has 9 heteroatoms. The lowest BCUT2D eigenvalue weighted by atomic mass is 10.1. The van der Waals surface area contributed by atoms with Crippen molar-refractivity contribution >= 4 is 23.6 Å². The summed E-state index contributed by atoms with van der Waals surface area (Å²) < 4.78 is 10.5. The number of carbonyl (C=O) groups is 2. The average Bonchev–Trinajstić information content (AvgIpc) is 2.69. The summed E-state index contributed by atoms with van der Waals surface area (Å²) in [5, 5.41) is 31.4. The Kier molecular flexibility index (Phi) is 12.6. The Balaban J connectivity index is 2.21. The Morgan fingerprint density at radius 2 is 1.72 bits per heavy atom. The van der Waals surface area contributed by atoms with Crippen LogP contribution in [0.2, 0.25) is 0 Å². The van der Waals surface area contributed by atoms with Crippen LogP contribution in [0.25, 0.3) is 0 Å². The van der Waals surface area contributed by atoms with Crippen LogP contribution < -0.4 is 5.32 Å². The number of carboxylic acid groups (broad SMARTS) is 1. The fraction of sp³-hybridized carbons (Fsp3) is 0.600. The van der Waals surface area contributed by atoms with E-state index in [4.69, 9.17) is 9.47 Å². The van der Waals surface area contributed by atoms with Gasteiger partial charge in [0.05, 0.1) is 32.0 Å². The van der Waals surface area contributed by atoms with Crippen LogP contribution in [0.5, 0.6) is 0 Å². The Bertz CT molecular complexity index is 600. The maximum absolute atomic E-state index is 12.1. The molecule has 0 fully saturated rings. The molecule has 1 aromatic rings. The Labute approximate surface area is 175 Å². The van der Waals surface area contributed by atoms with Crippen LogP contribution >= 0.6 is 11.8 Å². The third kappa shape index (κ3) is 11.8. The smallest absolute Gasteiger partial charge is 0.326 e. The van der Waals surface area contributed by atoms with Gasteiger partial charge in [0, 0.05) is 11.3 Å². The molecule has 0 heterocycles. The van der Waals surface area contributed by atoms with E-state index in [0.717, 1.165) is 0 Å². The molecule has 8 nitrogen and oxygen atoms in total. The van der Waals surface area contributed by atoms with Crippen molar-refractivity contribution in [2.24, 2.45) is 0 Å². The number of thioether (sulfide) groups is 1. The van der Waals surface area contributed by atoms with E-state index in [1.165, 1.54) is 11.8 Å². The first kappa shape index (κ1) is 25.4. The number of carbonyl (C=O) groups excluding carboxylic acids is 1. The number of hydrogen-bond acceptors (Lipinski definition) is 7. The normalized spacial score (nSPS) is 14.4. The molecule has 0 aliphatic rings. The van der Waals surface area contributed by atoms with Gasteiger partial charge in [-0.05, 0) is 38.2 Å². The molecule has 164 valence electrons. The van der Waals surface area contributed by atoms with E-state index in [9.17, 15) is 24.9 Å². The predicted octanol–water partition coefficient (Wildman–Crippen LogP) is 1.16. The Morgan fingerprint density at radius 3 is 2.34 bits per heavy atom. The summed E-state index contributed by atoms with van der Waals surface area (Å²) in [5.41, 5.74) is 0.403. The Hall–Kier alpha value is -1.65. The largest absolute Gasteiger partial charge is 0.480 e. The summed E-state index contributed by atoms with van der Waals surface area (Å²) in [7, 11) is 0. The number of nitrogens with one attached hydrogen (secondary N) is 1. The molecule has 1 rings (SSSR count). The molecule has 1 amide bonds. The van der Waals surface area contributed by atoms with E-state index in [2.05, 4.69) is 5.32 Å². The van der Waals surface area contributed by atoms with Gasteiger partial charge in [0.25, 0.3) is 5.91 Å². The Morgan fingerprint density at radius 1 is 1.07 bits per heavy atom. The van der Waals surface area contributed by atoms with Crippen molar-refractivity contribution in [3.05, 3.63) is 35.9 Å².